The Morgan fingerprint density at radius 2 is 1.50 bits per heavy atom. The average Bonchev–Trinajstić information content (AvgIpc) is 2.55. The van der Waals surface area contributed by atoms with Crippen molar-refractivity contribution >= 4 is 29.7 Å². The van der Waals surface area contributed by atoms with Gasteiger partial charge in [0.2, 0.25) is 17.7 Å². The van der Waals surface area contributed by atoms with E-state index in [0.29, 0.717) is 0 Å². The number of carbonyl (C=O) groups is 5. The van der Waals surface area contributed by atoms with Gasteiger partial charge in [-0.05, 0) is 18.3 Å². The molecule has 7 N–H and O–H groups in total. The fourth-order valence-electron chi connectivity index (χ4n) is 2.29. The molecule has 11 heteroatoms. The Labute approximate surface area is 163 Å². The first kappa shape index (κ1) is 25.3. The maximum atomic E-state index is 12.4. The molecule has 0 heterocycles. The number of nitrogens with two attached hydrogens (primary N) is 1. The molecule has 0 saturated carbocycles. The molecule has 0 aromatic rings. The molecule has 0 aliphatic heterocycles. The number of hydrogen-bond donors (Lipinski definition) is 6. The molecule has 28 heavy (non-hydrogen) atoms. The fourth-order valence-corrected chi connectivity index (χ4v) is 2.29. The summed E-state index contributed by atoms with van der Waals surface area (Å²) in [4.78, 5) is 57.9. The summed E-state index contributed by atoms with van der Waals surface area (Å²) in [5, 5.41) is 24.9. The quantitative estimate of drug-likeness (QED) is 0.231. The largest absolute Gasteiger partial charge is 0.481 e. The summed E-state index contributed by atoms with van der Waals surface area (Å²) in [6.45, 7) is 6.48. The highest BCUT2D eigenvalue weighted by atomic mass is 16.4. The van der Waals surface area contributed by atoms with Crippen LogP contribution in [-0.4, -0.2) is 64.5 Å². The molecule has 0 aromatic heterocycles. The lowest BCUT2D eigenvalue weighted by Crippen LogP contribution is -2.55. The van der Waals surface area contributed by atoms with E-state index in [1.54, 1.807) is 13.8 Å². The standard InChI is InChI=1S/C17H30N4O7/c1-8(2)5-11(17(27)28)20-16(26)14(9(3)4)21-12(22)7-19-15(25)10(18)6-13(23)24/h8-11,14H,5-7,18H2,1-4H3,(H,19,25)(H,20,26)(H,21,22)(H,23,24)(H,27,28). The van der Waals surface area contributed by atoms with Gasteiger partial charge in [0.1, 0.15) is 12.1 Å². The summed E-state index contributed by atoms with van der Waals surface area (Å²) >= 11 is 0. The lowest BCUT2D eigenvalue weighted by Gasteiger charge is -2.24. The van der Waals surface area contributed by atoms with E-state index >= 15 is 0 Å². The van der Waals surface area contributed by atoms with Gasteiger partial charge in [-0.15, -0.1) is 0 Å². The van der Waals surface area contributed by atoms with E-state index in [4.69, 9.17) is 10.8 Å². The van der Waals surface area contributed by atoms with Crippen LogP contribution in [0.4, 0.5) is 0 Å². The van der Waals surface area contributed by atoms with Crippen LogP contribution in [0.25, 0.3) is 0 Å². The number of aliphatic carboxylic acids is 2. The predicted molar refractivity (Wildman–Crippen MR) is 99.0 cm³/mol. The minimum atomic E-state index is -1.30. The zero-order chi connectivity index (χ0) is 22.0. The van der Waals surface area contributed by atoms with Crippen molar-refractivity contribution in [2.75, 3.05) is 6.54 Å². The van der Waals surface area contributed by atoms with Crippen LogP contribution in [0, 0.1) is 11.8 Å². The van der Waals surface area contributed by atoms with Gasteiger partial charge >= 0.3 is 11.9 Å². The molecule has 0 saturated heterocycles. The van der Waals surface area contributed by atoms with Crippen molar-refractivity contribution in [1.82, 2.24) is 16.0 Å². The zero-order valence-corrected chi connectivity index (χ0v) is 16.5. The lowest BCUT2D eigenvalue weighted by atomic mass is 10.0. The first-order valence-corrected chi connectivity index (χ1v) is 8.92. The van der Waals surface area contributed by atoms with Gasteiger partial charge in [0.15, 0.2) is 0 Å². The molecular weight excluding hydrogens is 372 g/mol. The molecule has 0 spiro atoms. The van der Waals surface area contributed by atoms with Crippen LogP contribution in [0.1, 0.15) is 40.5 Å². The Morgan fingerprint density at radius 3 is 1.93 bits per heavy atom. The highest BCUT2D eigenvalue weighted by Crippen LogP contribution is 2.07. The molecule has 0 aliphatic rings. The Kier molecular flexibility index (Phi) is 10.8. The van der Waals surface area contributed by atoms with Gasteiger partial charge in [0.05, 0.1) is 19.0 Å². The number of hydrogen-bond acceptors (Lipinski definition) is 6. The molecule has 11 nitrogen and oxygen atoms in total. The van der Waals surface area contributed by atoms with Crippen molar-refractivity contribution in [2.24, 2.45) is 17.6 Å². The number of rotatable bonds is 12. The minimum Gasteiger partial charge on any atom is -0.481 e. The zero-order valence-electron chi connectivity index (χ0n) is 16.5. The molecule has 0 aromatic carbocycles. The first-order valence-electron chi connectivity index (χ1n) is 8.92. The van der Waals surface area contributed by atoms with E-state index in [2.05, 4.69) is 16.0 Å². The second kappa shape index (κ2) is 11.9. The van der Waals surface area contributed by atoms with E-state index < -0.39 is 60.8 Å². The van der Waals surface area contributed by atoms with Crippen molar-refractivity contribution in [3.05, 3.63) is 0 Å². The monoisotopic (exact) mass is 402 g/mol. The molecule has 0 rings (SSSR count). The van der Waals surface area contributed by atoms with Gasteiger partial charge in [0, 0.05) is 0 Å². The van der Waals surface area contributed by atoms with Crippen molar-refractivity contribution in [3.63, 3.8) is 0 Å². The van der Waals surface area contributed by atoms with E-state index in [1.165, 1.54) is 0 Å². The van der Waals surface area contributed by atoms with Crippen molar-refractivity contribution < 1.29 is 34.2 Å². The Morgan fingerprint density at radius 1 is 0.929 bits per heavy atom. The second-order valence-corrected chi connectivity index (χ2v) is 7.24. The third-order valence-corrected chi connectivity index (χ3v) is 3.74. The predicted octanol–water partition coefficient (Wildman–Crippen LogP) is -1.34. The van der Waals surface area contributed by atoms with Crippen molar-refractivity contribution in [3.8, 4) is 0 Å². The highest BCUT2D eigenvalue weighted by molar-refractivity contribution is 5.93. The number of carboxylic acid groups (broad SMARTS) is 2. The summed E-state index contributed by atoms with van der Waals surface area (Å²) < 4.78 is 0. The van der Waals surface area contributed by atoms with Gasteiger partial charge in [-0.1, -0.05) is 27.7 Å². The van der Waals surface area contributed by atoms with Crippen LogP contribution >= 0.6 is 0 Å². The Bertz CT molecular complexity index is 592. The Balaban J connectivity index is 4.81. The Hall–Kier alpha value is -2.69. The van der Waals surface area contributed by atoms with Gasteiger partial charge in [-0.3, -0.25) is 19.2 Å². The third-order valence-electron chi connectivity index (χ3n) is 3.74. The average molecular weight is 402 g/mol. The van der Waals surface area contributed by atoms with Crippen LogP contribution in [0.2, 0.25) is 0 Å². The molecule has 3 atom stereocenters. The van der Waals surface area contributed by atoms with E-state index in [-0.39, 0.29) is 18.3 Å². The third kappa shape index (κ3) is 9.86. The number of nitrogens with one attached hydrogen (secondary N) is 3. The summed E-state index contributed by atoms with van der Waals surface area (Å²) in [5.41, 5.74) is 5.38. The van der Waals surface area contributed by atoms with E-state index in [0.717, 1.165) is 0 Å². The maximum Gasteiger partial charge on any atom is 0.326 e. The van der Waals surface area contributed by atoms with Gasteiger partial charge in [0.25, 0.3) is 0 Å². The number of amides is 3. The molecule has 0 fully saturated rings. The first-order chi connectivity index (χ1) is 12.8. The van der Waals surface area contributed by atoms with Crippen LogP contribution in [0.5, 0.6) is 0 Å². The van der Waals surface area contributed by atoms with Gasteiger partial charge < -0.3 is 31.9 Å². The smallest absolute Gasteiger partial charge is 0.326 e. The second-order valence-electron chi connectivity index (χ2n) is 7.24. The molecule has 160 valence electrons. The molecule has 0 radical (unpaired) electrons. The normalized spacial score (nSPS) is 14.1. The van der Waals surface area contributed by atoms with E-state index in [9.17, 15) is 29.1 Å². The molecule has 0 bridgehead atoms. The fraction of sp³-hybridized carbons (Fsp3) is 0.706. The molecule has 0 aliphatic carbocycles. The van der Waals surface area contributed by atoms with E-state index in [1.807, 2.05) is 13.8 Å². The summed E-state index contributed by atoms with van der Waals surface area (Å²) in [6.07, 6.45) is -0.353. The lowest BCUT2D eigenvalue weighted by molar-refractivity contribution is -0.143. The topological polar surface area (TPSA) is 188 Å². The molecular formula is C17H30N4O7. The molecule has 3 unspecified atom stereocenters. The maximum absolute atomic E-state index is 12.4. The summed E-state index contributed by atoms with van der Waals surface area (Å²) in [7, 11) is 0. The molecule has 3 amide bonds. The van der Waals surface area contributed by atoms with Crippen LogP contribution in [-0.2, 0) is 24.0 Å². The number of carbonyl (C=O) groups excluding carboxylic acids is 3. The SMILES string of the molecule is CC(C)CC(NC(=O)C(NC(=O)CNC(=O)C(N)CC(=O)O)C(C)C)C(=O)O. The highest BCUT2D eigenvalue weighted by Gasteiger charge is 2.29. The van der Waals surface area contributed by atoms with Crippen molar-refractivity contribution in [2.45, 2.75) is 58.7 Å². The van der Waals surface area contributed by atoms with Crippen LogP contribution in [0.15, 0.2) is 0 Å². The van der Waals surface area contributed by atoms with Gasteiger partial charge in [-0.2, -0.15) is 0 Å². The minimum absolute atomic E-state index is 0.0405. The summed E-state index contributed by atoms with van der Waals surface area (Å²) in [5.74, 6) is -4.88. The van der Waals surface area contributed by atoms with Crippen LogP contribution < -0.4 is 21.7 Å². The van der Waals surface area contributed by atoms with Crippen LogP contribution in [0.3, 0.4) is 0 Å². The number of carboxylic acids is 2. The van der Waals surface area contributed by atoms with Crippen molar-refractivity contribution in [1.29, 1.82) is 0 Å². The van der Waals surface area contributed by atoms with Gasteiger partial charge in [-0.25, -0.2) is 4.79 Å². The summed E-state index contributed by atoms with van der Waals surface area (Å²) in [6, 6.07) is -3.40.